The predicted octanol–water partition coefficient (Wildman–Crippen LogP) is 1.85. The number of carbonyl (C=O) groups excluding carboxylic acids is 1. The molecule has 1 amide bonds. The van der Waals surface area contributed by atoms with E-state index in [0.717, 1.165) is 38.9 Å². The third-order valence-electron chi connectivity index (χ3n) is 4.91. The molecule has 0 aromatic heterocycles. The van der Waals surface area contributed by atoms with Crippen LogP contribution in [0.5, 0.6) is 0 Å². The number of piperidine rings is 1. The van der Waals surface area contributed by atoms with Crippen molar-refractivity contribution in [3.63, 3.8) is 0 Å². The molecule has 0 aromatic rings. The van der Waals surface area contributed by atoms with Gasteiger partial charge in [-0.25, -0.2) is 0 Å². The molecule has 1 unspecified atom stereocenters. The first-order valence-electron chi connectivity index (χ1n) is 8.42. The van der Waals surface area contributed by atoms with E-state index in [0.29, 0.717) is 24.4 Å². The van der Waals surface area contributed by atoms with Crippen LogP contribution >= 0.6 is 0 Å². The zero-order valence-corrected chi connectivity index (χ0v) is 13.2. The highest BCUT2D eigenvalue weighted by molar-refractivity contribution is 5.76. The summed E-state index contributed by atoms with van der Waals surface area (Å²) in [7, 11) is 2.00. The molecule has 1 atom stereocenters. The van der Waals surface area contributed by atoms with Crippen LogP contribution in [0.1, 0.15) is 51.9 Å². The molecule has 0 spiro atoms. The molecule has 2 saturated heterocycles. The Labute approximate surface area is 123 Å². The molecule has 0 radical (unpaired) electrons. The van der Waals surface area contributed by atoms with Crippen molar-refractivity contribution in [3.05, 3.63) is 0 Å². The first-order valence-corrected chi connectivity index (χ1v) is 8.42. The van der Waals surface area contributed by atoms with E-state index in [1.165, 1.54) is 25.8 Å². The molecule has 2 rings (SSSR count). The van der Waals surface area contributed by atoms with Gasteiger partial charge in [0.15, 0.2) is 0 Å². The molecular formula is C16H31N3O. The van der Waals surface area contributed by atoms with Gasteiger partial charge in [0.1, 0.15) is 0 Å². The zero-order chi connectivity index (χ0) is 14.4. The van der Waals surface area contributed by atoms with Gasteiger partial charge in [-0.3, -0.25) is 4.79 Å². The average Bonchev–Trinajstić information content (AvgIpc) is 2.98. The maximum absolute atomic E-state index is 12.3. The highest BCUT2D eigenvalue weighted by Crippen LogP contribution is 2.18. The lowest BCUT2D eigenvalue weighted by molar-refractivity contribution is -0.133. The number of hydrogen-bond donors (Lipinski definition) is 1. The molecule has 2 heterocycles. The summed E-state index contributed by atoms with van der Waals surface area (Å²) in [5, 5.41) is 3.47. The molecule has 2 aliphatic rings. The van der Waals surface area contributed by atoms with Gasteiger partial charge in [-0.2, -0.15) is 0 Å². The summed E-state index contributed by atoms with van der Waals surface area (Å²) >= 11 is 0. The Bertz CT molecular complexity index is 294. The number of rotatable bonds is 6. The summed E-state index contributed by atoms with van der Waals surface area (Å²) in [5.41, 5.74) is 0. The normalized spacial score (nSPS) is 25.0. The predicted molar refractivity (Wildman–Crippen MR) is 82.8 cm³/mol. The van der Waals surface area contributed by atoms with E-state index < -0.39 is 0 Å². The first kappa shape index (κ1) is 15.8. The van der Waals surface area contributed by atoms with Crippen molar-refractivity contribution >= 4 is 5.91 Å². The summed E-state index contributed by atoms with van der Waals surface area (Å²) in [6, 6.07) is 1.05. The fourth-order valence-corrected chi connectivity index (χ4v) is 3.53. The standard InChI is InChI=1S/C16H31N3O/c1-3-11-19-12-8-15(9-13-19)18(2)16(20)7-6-14-5-4-10-17-14/h14-15,17H,3-13H2,1-2H3. The Balaban J connectivity index is 1.67. The lowest BCUT2D eigenvalue weighted by Gasteiger charge is -2.36. The van der Waals surface area contributed by atoms with E-state index in [2.05, 4.69) is 17.1 Å². The summed E-state index contributed by atoms with van der Waals surface area (Å²) in [5.74, 6) is 0.340. The monoisotopic (exact) mass is 281 g/mol. The number of likely N-dealkylation sites (tertiary alicyclic amines) is 1. The van der Waals surface area contributed by atoms with Gasteiger partial charge < -0.3 is 15.1 Å². The SMILES string of the molecule is CCCN1CCC(N(C)C(=O)CCC2CCCN2)CC1. The second kappa shape index (κ2) is 7.99. The lowest BCUT2D eigenvalue weighted by atomic mass is 10.0. The van der Waals surface area contributed by atoms with Crippen LogP contribution < -0.4 is 5.32 Å². The van der Waals surface area contributed by atoms with Gasteiger partial charge in [0.05, 0.1) is 0 Å². The van der Waals surface area contributed by atoms with Gasteiger partial charge in [0.25, 0.3) is 0 Å². The Morgan fingerprint density at radius 2 is 2.05 bits per heavy atom. The minimum atomic E-state index is 0.340. The maximum atomic E-state index is 12.3. The third-order valence-corrected chi connectivity index (χ3v) is 4.91. The quantitative estimate of drug-likeness (QED) is 0.807. The summed E-state index contributed by atoms with van der Waals surface area (Å²) in [6.45, 7) is 6.88. The highest BCUT2D eigenvalue weighted by Gasteiger charge is 2.25. The molecule has 1 N–H and O–H groups in total. The number of nitrogens with zero attached hydrogens (tertiary/aromatic N) is 2. The van der Waals surface area contributed by atoms with Gasteiger partial charge in [-0.1, -0.05) is 6.92 Å². The smallest absolute Gasteiger partial charge is 0.222 e. The van der Waals surface area contributed by atoms with E-state index in [-0.39, 0.29) is 0 Å². The van der Waals surface area contributed by atoms with E-state index in [1.807, 2.05) is 11.9 Å². The number of carbonyl (C=O) groups is 1. The molecule has 0 saturated carbocycles. The molecule has 4 heteroatoms. The molecule has 20 heavy (non-hydrogen) atoms. The minimum Gasteiger partial charge on any atom is -0.343 e. The van der Waals surface area contributed by atoms with Crippen molar-refractivity contribution in [1.82, 2.24) is 15.1 Å². The van der Waals surface area contributed by atoms with Crippen LogP contribution in [0.2, 0.25) is 0 Å². The first-order chi connectivity index (χ1) is 9.70. The summed E-state index contributed by atoms with van der Waals surface area (Å²) in [6.07, 6.45) is 7.75. The molecule has 0 aliphatic carbocycles. The van der Waals surface area contributed by atoms with E-state index in [9.17, 15) is 4.79 Å². The Kier molecular flexibility index (Phi) is 6.30. The fourth-order valence-electron chi connectivity index (χ4n) is 3.53. The van der Waals surface area contributed by atoms with Crippen LogP contribution in [0, 0.1) is 0 Å². The topological polar surface area (TPSA) is 35.6 Å². The number of hydrogen-bond acceptors (Lipinski definition) is 3. The van der Waals surface area contributed by atoms with E-state index >= 15 is 0 Å². The molecular weight excluding hydrogens is 250 g/mol. The van der Waals surface area contributed by atoms with Crippen molar-refractivity contribution in [3.8, 4) is 0 Å². The molecule has 0 aromatic carbocycles. The van der Waals surface area contributed by atoms with Crippen LogP contribution in [0.25, 0.3) is 0 Å². The molecule has 116 valence electrons. The van der Waals surface area contributed by atoms with Crippen LogP contribution in [0.15, 0.2) is 0 Å². The minimum absolute atomic E-state index is 0.340. The molecule has 4 nitrogen and oxygen atoms in total. The second-order valence-corrected chi connectivity index (χ2v) is 6.41. The van der Waals surface area contributed by atoms with Gasteiger partial charge in [-0.05, 0) is 51.6 Å². The van der Waals surface area contributed by atoms with Gasteiger partial charge in [0, 0.05) is 38.6 Å². The van der Waals surface area contributed by atoms with Crippen molar-refractivity contribution in [2.24, 2.45) is 0 Å². The van der Waals surface area contributed by atoms with Crippen molar-refractivity contribution in [2.75, 3.05) is 33.2 Å². The summed E-state index contributed by atoms with van der Waals surface area (Å²) < 4.78 is 0. The Morgan fingerprint density at radius 3 is 2.65 bits per heavy atom. The number of nitrogens with one attached hydrogen (secondary N) is 1. The lowest BCUT2D eigenvalue weighted by Crippen LogP contribution is -2.45. The van der Waals surface area contributed by atoms with Gasteiger partial charge in [0.2, 0.25) is 5.91 Å². The van der Waals surface area contributed by atoms with E-state index in [1.54, 1.807) is 0 Å². The fraction of sp³-hybridized carbons (Fsp3) is 0.938. The molecule has 2 aliphatic heterocycles. The van der Waals surface area contributed by atoms with Crippen molar-refractivity contribution in [1.29, 1.82) is 0 Å². The van der Waals surface area contributed by atoms with Crippen molar-refractivity contribution < 1.29 is 4.79 Å². The Morgan fingerprint density at radius 1 is 1.30 bits per heavy atom. The van der Waals surface area contributed by atoms with Crippen LogP contribution in [-0.2, 0) is 4.79 Å². The van der Waals surface area contributed by atoms with Crippen LogP contribution in [0.4, 0.5) is 0 Å². The molecule has 2 fully saturated rings. The zero-order valence-electron chi connectivity index (χ0n) is 13.2. The van der Waals surface area contributed by atoms with Crippen LogP contribution in [-0.4, -0.2) is 61.0 Å². The third kappa shape index (κ3) is 4.45. The van der Waals surface area contributed by atoms with Gasteiger partial charge >= 0.3 is 0 Å². The molecule has 0 bridgehead atoms. The largest absolute Gasteiger partial charge is 0.343 e. The highest BCUT2D eigenvalue weighted by atomic mass is 16.2. The Hall–Kier alpha value is -0.610. The average molecular weight is 281 g/mol. The number of amides is 1. The van der Waals surface area contributed by atoms with Crippen LogP contribution in [0.3, 0.4) is 0 Å². The van der Waals surface area contributed by atoms with E-state index in [4.69, 9.17) is 0 Å². The van der Waals surface area contributed by atoms with Crippen molar-refractivity contribution in [2.45, 2.75) is 64.0 Å². The second-order valence-electron chi connectivity index (χ2n) is 6.41. The summed E-state index contributed by atoms with van der Waals surface area (Å²) in [4.78, 5) is 16.8. The van der Waals surface area contributed by atoms with Gasteiger partial charge in [-0.15, -0.1) is 0 Å². The maximum Gasteiger partial charge on any atom is 0.222 e.